The maximum Gasteiger partial charge on any atom is 0.317 e. The van der Waals surface area contributed by atoms with Gasteiger partial charge in [-0.15, -0.1) is 23.1 Å². The van der Waals surface area contributed by atoms with Crippen molar-refractivity contribution in [1.29, 1.82) is 0 Å². The van der Waals surface area contributed by atoms with Gasteiger partial charge >= 0.3 is 6.03 Å². The zero-order chi connectivity index (χ0) is 18.5. The van der Waals surface area contributed by atoms with Crippen molar-refractivity contribution in [3.05, 3.63) is 59.1 Å². The lowest BCUT2D eigenvalue weighted by atomic mass is 10.1. The quantitative estimate of drug-likeness (QED) is 0.585. The SMILES string of the molecule is CCSc1ccc(C(C)NC(=O)N(C)Cc2nc3ccccc3s2)cc1. The summed E-state index contributed by atoms with van der Waals surface area (Å²) in [4.78, 5) is 20.0. The van der Waals surface area contributed by atoms with Crippen LogP contribution < -0.4 is 5.32 Å². The van der Waals surface area contributed by atoms with Gasteiger partial charge in [0.15, 0.2) is 0 Å². The number of para-hydroxylation sites is 1. The van der Waals surface area contributed by atoms with Crippen LogP contribution in [-0.2, 0) is 6.54 Å². The number of benzene rings is 2. The van der Waals surface area contributed by atoms with Crippen LogP contribution in [0.4, 0.5) is 4.79 Å². The number of aromatic nitrogens is 1. The molecule has 0 saturated heterocycles. The number of carbonyl (C=O) groups excluding carboxylic acids is 1. The van der Waals surface area contributed by atoms with E-state index in [1.54, 1.807) is 23.3 Å². The minimum absolute atomic E-state index is 0.0407. The van der Waals surface area contributed by atoms with Crippen LogP contribution in [0.2, 0.25) is 0 Å². The molecule has 2 aromatic carbocycles. The first-order chi connectivity index (χ1) is 12.6. The van der Waals surface area contributed by atoms with Crippen molar-refractivity contribution in [2.45, 2.75) is 31.3 Å². The summed E-state index contributed by atoms with van der Waals surface area (Å²) in [5.41, 5.74) is 2.09. The highest BCUT2D eigenvalue weighted by Gasteiger charge is 2.15. The van der Waals surface area contributed by atoms with Gasteiger partial charge in [-0.1, -0.05) is 31.2 Å². The van der Waals surface area contributed by atoms with E-state index in [9.17, 15) is 4.79 Å². The molecule has 0 aliphatic carbocycles. The molecule has 0 fully saturated rings. The van der Waals surface area contributed by atoms with Crippen LogP contribution in [0.5, 0.6) is 0 Å². The number of rotatable bonds is 6. The number of hydrogen-bond acceptors (Lipinski definition) is 4. The Morgan fingerprint density at radius 2 is 1.96 bits per heavy atom. The lowest BCUT2D eigenvalue weighted by Crippen LogP contribution is -2.38. The van der Waals surface area contributed by atoms with Crippen LogP contribution in [0, 0.1) is 0 Å². The maximum absolute atomic E-state index is 12.5. The average Bonchev–Trinajstić information content (AvgIpc) is 3.04. The molecule has 26 heavy (non-hydrogen) atoms. The van der Waals surface area contributed by atoms with Gasteiger partial charge in [0, 0.05) is 11.9 Å². The largest absolute Gasteiger partial charge is 0.331 e. The fourth-order valence-corrected chi connectivity index (χ4v) is 4.34. The van der Waals surface area contributed by atoms with Crippen molar-refractivity contribution in [2.75, 3.05) is 12.8 Å². The van der Waals surface area contributed by atoms with Crippen molar-refractivity contribution >= 4 is 39.3 Å². The van der Waals surface area contributed by atoms with Gasteiger partial charge in [0.2, 0.25) is 0 Å². The lowest BCUT2D eigenvalue weighted by Gasteiger charge is -2.21. The molecule has 1 heterocycles. The number of hydrogen-bond donors (Lipinski definition) is 1. The number of thioether (sulfide) groups is 1. The summed E-state index contributed by atoms with van der Waals surface area (Å²) in [5, 5.41) is 4.00. The zero-order valence-electron chi connectivity index (χ0n) is 15.2. The molecule has 0 aliphatic rings. The van der Waals surface area contributed by atoms with Crippen molar-refractivity contribution in [3.63, 3.8) is 0 Å². The van der Waals surface area contributed by atoms with Gasteiger partial charge in [0.05, 0.1) is 22.8 Å². The molecule has 136 valence electrons. The third kappa shape index (κ3) is 4.56. The van der Waals surface area contributed by atoms with Gasteiger partial charge in [0.25, 0.3) is 0 Å². The van der Waals surface area contributed by atoms with Gasteiger partial charge < -0.3 is 10.2 Å². The minimum Gasteiger partial charge on any atom is -0.331 e. The number of nitrogens with one attached hydrogen (secondary N) is 1. The van der Waals surface area contributed by atoms with Gasteiger partial charge in [-0.2, -0.15) is 0 Å². The molecule has 0 radical (unpaired) electrons. The number of amides is 2. The first-order valence-electron chi connectivity index (χ1n) is 8.65. The molecular formula is C20H23N3OS2. The van der Waals surface area contributed by atoms with Crippen LogP contribution in [0.25, 0.3) is 10.2 Å². The summed E-state index contributed by atoms with van der Waals surface area (Å²) in [6.07, 6.45) is 0. The monoisotopic (exact) mass is 385 g/mol. The number of nitrogens with zero attached hydrogens (tertiary/aromatic N) is 2. The van der Waals surface area contributed by atoms with E-state index in [1.807, 2.05) is 36.9 Å². The van der Waals surface area contributed by atoms with E-state index in [0.29, 0.717) is 6.54 Å². The highest BCUT2D eigenvalue weighted by atomic mass is 32.2. The Balaban J connectivity index is 1.59. The number of urea groups is 1. The van der Waals surface area contributed by atoms with E-state index in [0.717, 1.165) is 26.5 Å². The first kappa shape index (κ1) is 18.7. The molecule has 3 rings (SSSR count). The highest BCUT2D eigenvalue weighted by Crippen LogP contribution is 2.23. The first-order valence-corrected chi connectivity index (χ1v) is 10.5. The van der Waals surface area contributed by atoms with Crippen LogP contribution in [-0.4, -0.2) is 28.7 Å². The Hall–Kier alpha value is -2.05. The van der Waals surface area contributed by atoms with Crippen LogP contribution >= 0.6 is 23.1 Å². The average molecular weight is 386 g/mol. The number of fused-ring (bicyclic) bond motifs is 1. The van der Waals surface area contributed by atoms with Gasteiger partial charge in [-0.25, -0.2) is 9.78 Å². The molecule has 2 amide bonds. The summed E-state index contributed by atoms with van der Waals surface area (Å²) in [6, 6.07) is 16.3. The Morgan fingerprint density at radius 3 is 2.65 bits per heavy atom. The van der Waals surface area contributed by atoms with E-state index in [2.05, 4.69) is 47.6 Å². The van der Waals surface area contributed by atoms with Crippen molar-refractivity contribution in [1.82, 2.24) is 15.2 Å². The molecule has 4 nitrogen and oxygen atoms in total. The molecular weight excluding hydrogens is 362 g/mol. The van der Waals surface area contributed by atoms with Crippen LogP contribution in [0.3, 0.4) is 0 Å². The summed E-state index contributed by atoms with van der Waals surface area (Å²) in [5.74, 6) is 1.06. The molecule has 0 spiro atoms. The highest BCUT2D eigenvalue weighted by molar-refractivity contribution is 7.99. The third-order valence-corrected chi connectivity index (χ3v) is 6.00. The number of thiazole rings is 1. The maximum atomic E-state index is 12.5. The van der Waals surface area contributed by atoms with Crippen LogP contribution in [0.1, 0.15) is 30.5 Å². The van der Waals surface area contributed by atoms with E-state index < -0.39 is 0 Å². The Kier molecular flexibility index (Phi) is 6.16. The number of carbonyl (C=O) groups is 1. The van der Waals surface area contributed by atoms with Crippen molar-refractivity contribution in [2.24, 2.45) is 0 Å². The standard InChI is InChI=1S/C20H23N3OS2/c1-4-25-16-11-9-15(10-12-16)14(2)21-20(24)23(3)13-19-22-17-7-5-6-8-18(17)26-19/h5-12,14H,4,13H2,1-3H3,(H,21,24). The topological polar surface area (TPSA) is 45.2 Å². The minimum atomic E-state index is -0.0937. The van der Waals surface area contributed by atoms with Gasteiger partial charge in [-0.05, 0) is 42.5 Å². The second-order valence-electron chi connectivity index (χ2n) is 6.10. The Morgan fingerprint density at radius 1 is 1.23 bits per heavy atom. The predicted octanol–water partition coefficient (Wildman–Crippen LogP) is 5.31. The molecule has 6 heteroatoms. The van der Waals surface area contributed by atoms with Crippen molar-refractivity contribution in [3.8, 4) is 0 Å². The fourth-order valence-electron chi connectivity index (χ4n) is 2.66. The summed E-state index contributed by atoms with van der Waals surface area (Å²) >= 11 is 3.45. The molecule has 0 bridgehead atoms. The second kappa shape index (κ2) is 8.56. The molecule has 3 aromatic rings. The summed E-state index contributed by atoms with van der Waals surface area (Å²) < 4.78 is 1.15. The van der Waals surface area contributed by atoms with Crippen LogP contribution in [0.15, 0.2) is 53.4 Å². The van der Waals surface area contributed by atoms with Gasteiger partial charge in [-0.3, -0.25) is 0 Å². The predicted molar refractivity (Wildman–Crippen MR) is 111 cm³/mol. The molecule has 1 aromatic heterocycles. The van der Waals surface area contributed by atoms with E-state index in [1.165, 1.54) is 4.90 Å². The molecule has 0 aliphatic heterocycles. The van der Waals surface area contributed by atoms with E-state index >= 15 is 0 Å². The van der Waals surface area contributed by atoms with Crippen molar-refractivity contribution < 1.29 is 4.79 Å². The fraction of sp³-hybridized carbons (Fsp3) is 0.300. The zero-order valence-corrected chi connectivity index (χ0v) is 16.9. The van der Waals surface area contributed by atoms with E-state index in [4.69, 9.17) is 0 Å². The van der Waals surface area contributed by atoms with Gasteiger partial charge in [0.1, 0.15) is 5.01 Å². The Bertz CT molecular complexity index is 843. The second-order valence-corrected chi connectivity index (χ2v) is 8.56. The smallest absolute Gasteiger partial charge is 0.317 e. The summed E-state index contributed by atoms with van der Waals surface area (Å²) in [7, 11) is 1.80. The lowest BCUT2D eigenvalue weighted by molar-refractivity contribution is 0.203. The third-order valence-electron chi connectivity index (χ3n) is 4.09. The molecule has 1 atom stereocenters. The normalized spacial score (nSPS) is 12.1. The van der Waals surface area contributed by atoms with E-state index in [-0.39, 0.29) is 12.1 Å². The molecule has 1 N–H and O–H groups in total. The molecule has 0 saturated carbocycles. The molecule has 1 unspecified atom stereocenters. The summed E-state index contributed by atoms with van der Waals surface area (Å²) in [6.45, 7) is 4.65. The Labute approximate surface area is 162 Å².